The second-order valence-corrected chi connectivity index (χ2v) is 8.99. The van der Waals surface area contributed by atoms with Gasteiger partial charge in [-0.25, -0.2) is 4.39 Å². The number of halogens is 1. The van der Waals surface area contributed by atoms with Gasteiger partial charge in [0.15, 0.2) is 0 Å². The monoisotopic (exact) mass is 524 g/mol. The van der Waals surface area contributed by atoms with Gasteiger partial charge < -0.3 is 20.5 Å². The normalized spacial score (nSPS) is 13.0. The molecule has 3 atom stereocenters. The van der Waals surface area contributed by atoms with Gasteiger partial charge in [0, 0.05) is 13.0 Å². The van der Waals surface area contributed by atoms with Crippen molar-refractivity contribution in [1.29, 1.82) is 0 Å². The minimum Gasteiger partial charge on any atom is -0.463 e. The average Bonchev–Trinajstić information content (AvgIpc) is 2.93. The first kappa shape index (κ1) is 30.4. The molecular formula is C30H37FN2O5. The lowest BCUT2D eigenvalue weighted by Crippen LogP contribution is -2.39. The van der Waals surface area contributed by atoms with Gasteiger partial charge in [0.1, 0.15) is 12.4 Å². The van der Waals surface area contributed by atoms with Crippen LogP contribution in [-0.4, -0.2) is 42.6 Å². The summed E-state index contributed by atoms with van der Waals surface area (Å²) in [5.74, 6) is -2.63. The minimum absolute atomic E-state index is 0.0690. The quantitative estimate of drug-likeness (QED) is 0.214. The Bertz CT molecular complexity index is 1040. The van der Waals surface area contributed by atoms with Crippen LogP contribution in [0.5, 0.6) is 0 Å². The summed E-state index contributed by atoms with van der Waals surface area (Å²) in [6, 6.07) is 14.5. The van der Waals surface area contributed by atoms with Crippen LogP contribution in [0.2, 0.25) is 0 Å². The Kier molecular flexibility index (Phi) is 13.5. The summed E-state index contributed by atoms with van der Waals surface area (Å²) in [5, 5.41) is 14.4. The predicted molar refractivity (Wildman–Crippen MR) is 144 cm³/mol. The molecule has 0 radical (unpaired) electrons. The Hall–Kier alpha value is -3.78. The zero-order valence-electron chi connectivity index (χ0n) is 21.6. The lowest BCUT2D eigenvalue weighted by atomic mass is 9.94. The van der Waals surface area contributed by atoms with E-state index in [1.165, 1.54) is 12.1 Å². The number of carbonyl (C=O) groups excluding carboxylic acids is 3. The third-order valence-corrected chi connectivity index (χ3v) is 6.05. The Morgan fingerprint density at radius 3 is 2.34 bits per heavy atom. The number of ether oxygens (including phenoxy) is 1. The zero-order valence-corrected chi connectivity index (χ0v) is 21.6. The Morgan fingerprint density at radius 2 is 1.71 bits per heavy atom. The van der Waals surface area contributed by atoms with Gasteiger partial charge in [-0.1, -0.05) is 54.6 Å². The number of esters is 1. The molecule has 204 valence electrons. The summed E-state index contributed by atoms with van der Waals surface area (Å²) in [6.07, 6.45) is 5.03. The standard InChI is InChI=1S/C30H37FN2O5/c1-3-5-10-25(19-22-13-15-26(31)16-14-22)30(37)38-21-27(23-11-7-6-8-12-23)33-29(36)24(9-4-2)20-28(35)32-17-18-34/h3-4,6-8,11-16,24-25,27,34H,1-2,5,9-10,17-21H2,(H,32,35)(H,33,36)/t24-,25-,27-/m1/s1. The molecule has 2 aromatic carbocycles. The number of nitrogens with one attached hydrogen (secondary N) is 2. The van der Waals surface area contributed by atoms with E-state index in [2.05, 4.69) is 23.8 Å². The molecule has 0 aliphatic heterocycles. The van der Waals surface area contributed by atoms with E-state index >= 15 is 0 Å². The lowest BCUT2D eigenvalue weighted by Gasteiger charge is -2.24. The molecule has 0 aromatic heterocycles. The zero-order chi connectivity index (χ0) is 27.8. The van der Waals surface area contributed by atoms with E-state index in [-0.39, 0.29) is 50.2 Å². The SMILES string of the molecule is C=CCC[C@H](Cc1ccc(F)cc1)C(=O)OC[C@@H](NC(=O)[C@H](CC=C)CC(=O)NCCO)c1ccccc1. The molecule has 0 heterocycles. The maximum Gasteiger partial charge on any atom is 0.309 e. The fraction of sp³-hybridized carbons (Fsp3) is 0.367. The largest absolute Gasteiger partial charge is 0.463 e. The molecule has 3 N–H and O–H groups in total. The molecule has 0 saturated heterocycles. The van der Waals surface area contributed by atoms with Crippen molar-refractivity contribution in [2.75, 3.05) is 19.8 Å². The van der Waals surface area contributed by atoms with Gasteiger partial charge >= 0.3 is 5.97 Å². The van der Waals surface area contributed by atoms with E-state index in [1.807, 2.05) is 30.3 Å². The smallest absolute Gasteiger partial charge is 0.309 e. The summed E-state index contributed by atoms with van der Waals surface area (Å²) < 4.78 is 19.0. The van der Waals surface area contributed by atoms with Crippen LogP contribution >= 0.6 is 0 Å². The predicted octanol–water partition coefficient (Wildman–Crippen LogP) is 4.04. The van der Waals surface area contributed by atoms with Gasteiger partial charge in [-0.15, -0.1) is 13.2 Å². The molecule has 7 nitrogen and oxygen atoms in total. The van der Waals surface area contributed by atoms with Crippen LogP contribution in [0.1, 0.15) is 42.9 Å². The molecule has 0 aliphatic carbocycles. The number of aliphatic hydroxyl groups is 1. The summed E-state index contributed by atoms with van der Waals surface area (Å²) in [5.41, 5.74) is 1.56. The molecule has 0 saturated carbocycles. The molecular weight excluding hydrogens is 487 g/mol. The van der Waals surface area contributed by atoms with Gasteiger partial charge in [-0.05, 0) is 48.9 Å². The fourth-order valence-corrected chi connectivity index (χ4v) is 3.98. The van der Waals surface area contributed by atoms with Gasteiger partial charge in [0.2, 0.25) is 11.8 Å². The van der Waals surface area contributed by atoms with Crippen LogP contribution in [0.25, 0.3) is 0 Å². The van der Waals surface area contributed by atoms with E-state index in [4.69, 9.17) is 9.84 Å². The maximum atomic E-state index is 13.3. The van der Waals surface area contributed by atoms with E-state index in [1.54, 1.807) is 24.3 Å². The third kappa shape index (κ3) is 10.7. The van der Waals surface area contributed by atoms with Crippen molar-refractivity contribution in [3.05, 3.63) is 96.9 Å². The molecule has 38 heavy (non-hydrogen) atoms. The highest BCUT2D eigenvalue weighted by Crippen LogP contribution is 2.20. The molecule has 0 bridgehead atoms. The van der Waals surface area contributed by atoms with Crippen LogP contribution in [0, 0.1) is 17.7 Å². The number of amides is 2. The topological polar surface area (TPSA) is 105 Å². The number of allylic oxidation sites excluding steroid dienone is 2. The second kappa shape index (κ2) is 16.9. The van der Waals surface area contributed by atoms with Crippen molar-refractivity contribution in [1.82, 2.24) is 10.6 Å². The highest BCUT2D eigenvalue weighted by molar-refractivity contribution is 5.86. The molecule has 2 rings (SSSR count). The highest BCUT2D eigenvalue weighted by atomic mass is 19.1. The summed E-state index contributed by atoms with van der Waals surface area (Å²) >= 11 is 0. The molecule has 0 unspecified atom stereocenters. The molecule has 8 heteroatoms. The minimum atomic E-state index is -0.674. The van der Waals surface area contributed by atoms with Crippen LogP contribution in [-0.2, 0) is 25.5 Å². The first-order chi connectivity index (χ1) is 18.4. The second-order valence-electron chi connectivity index (χ2n) is 8.99. The summed E-state index contributed by atoms with van der Waals surface area (Å²) in [4.78, 5) is 38.4. The summed E-state index contributed by atoms with van der Waals surface area (Å²) in [6.45, 7) is 7.23. The van der Waals surface area contributed by atoms with Crippen molar-refractivity contribution in [2.45, 2.75) is 38.1 Å². The van der Waals surface area contributed by atoms with E-state index < -0.39 is 23.8 Å². The number of aliphatic hydroxyl groups excluding tert-OH is 1. The maximum absolute atomic E-state index is 13.3. The molecule has 0 aliphatic rings. The van der Waals surface area contributed by atoms with Gasteiger partial charge in [0.25, 0.3) is 0 Å². The number of hydrogen-bond donors (Lipinski definition) is 3. The van der Waals surface area contributed by atoms with Crippen LogP contribution < -0.4 is 10.6 Å². The van der Waals surface area contributed by atoms with Gasteiger partial charge in [-0.3, -0.25) is 14.4 Å². The molecule has 2 amide bonds. The third-order valence-electron chi connectivity index (χ3n) is 6.05. The first-order valence-electron chi connectivity index (χ1n) is 12.7. The van der Waals surface area contributed by atoms with E-state index in [9.17, 15) is 18.8 Å². The molecule has 0 spiro atoms. The van der Waals surface area contributed by atoms with E-state index in [0.29, 0.717) is 19.3 Å². The van der Waals surface area contributed by atoms with Crippen LogP contribution in [0.15, 0.2) is 79.9 Å². The number of carbonyl (C=O) groups is 3. The van der Waals surface area contributed by atoms with Crippen molar-refractivity contribution in [2.24, 2.45) is 11.8 Å². The van der Waals surface area contributed by atoms with Gasteiger partial charge in [-0.2, -0.15) is 0 Å². The Morgan fingerprint density at radius 1 is 1.00 bits per heavy atom. The number of rotatable bonds is 17. The van der Waals surface area contributed by atoms with Crippen molar-refractivity contribution < 1.29 is 28.6 Å². The average molecular weight is 525 g/mol. The van der Waals surface area contributed by atoms with E-state index in [0.717, 1.165) is 11.1 Å². The van der Waals surface area contributed by atoms with Crippen molar-refractivity contribution in [3.8, 4) is 0 Å². The fourth-order valence-electron chi connectivity index (χ4n) is 3.98. The lowest BCUT2D eigenvalue weighted by molar-refractivity contribution is -0.150. The Balaban J connectivity index is 2.12. The van der Waals surface area contributed by atoms with Crippen LogP contribution in [0.4, 0.5) is 4.39 Å². The van der Waals surface area contributed by atoms with Crippen LogP contribution in [0.3, 0.4) is 0 Å². The Labute approximate surface area is 223 Å². The first-order valence-corrected chi connectivity index (χ1v) is 12.7. The van der Waals surface area contributed by atoms with Crippen molar-refractivity contribution in [3.63, 3.8) is 0 Å². The van der Waals surface area contributed by atoms with Crippen molar-refractivity contribution >= 4 is 17.8 Å². The summed E-state index contributed by atoms with van der Waals surface area (Å²) in [7, 11) is 0. The molecule has 2 aromatic rings. The highest BCUT2D eigenvalue weighted by Gasteiger charge is 2.26. The van der Waals surface area contributed by atoms with Gasteiger partial charge in [0.05, 0.1) is 24.5 Å². The molecule has 0 fully saturated rings. The number of hydrogen-bond acceptors (Lipinski definition) is 5. The number of benzene rings is 2.